The highest BCUT2D eigenvalue weighted by Crippen LogP contribution is 2.29. The first-order valence-corrected chi connectivity index (χ1v) is 7.92. The summed E-state index contributed by atoms with van der Waals surface area (Å²) in [4.78, 5) is 23.3. The highest BCUT2D eigenvalue weighted by Gasteiger charge is 2.17. The topological polar surface area (TPSA) is 94.1 Å². The minimum absolute atomic E-state index is 0.00261. The van der Waals surface area contributed by atoms with Gasteiger partial charge in [0.25, 0.3) is 5.91 Å². The van der Waals surface area contributed by atoms with E-state index >= 15 is 0 Å². The van der Waals surface area contributed by atoms with Gasteiger partial charge in [-0.1, -0.05) is 12.1 Å². The number of hydrogen-bond acceptors (Lipinski definition) is 5. The number of carboxylic acids is 1. The molecule has 0 saturated heterocycles. The van der Waals surface area contributed by atoms with Gasteiger partial charge in [-0.25, -0.2) is 4.79 Å². The third-order valence-corrected chi connectivity index (χ3v) is 3.76. The van der Waals surface area contributed by atoms with Gasteiger partial charge in [0, 0.05) is 5.56 Å². The Hall–Kier alpha value is -3.22. The van der Waals surface area contributed by atoms with Gasteiger partial charge in [0.2, 0.25) is 0 Å². The Kier molecular flexibility index (Phi) is 6.43. The Labute approximate surface area is 151 Å². The van der Waals surface area contributed by atoms with Crippen LogP contribution in [0, 0.1) is 0 Å². The average Bonchev–Trinajstić information content (AvgIpc) is 2.65. The van der Waals surface area contributed by atoms with E-state index in [0.717, 1.165) is 5.56 Å². The lowest BCUT2D eigenvalue weighted by Crippen LogP contribution is -2.31. The molecule has 0 radical (unpaired) electrons. The zero-order valence-electron chi connectivity index (χ0n) is 14.8. The molecule has 0 aliphatic rings. The van der Waals surface area contributed by atoms with Crippen LogP contribution in [0.2, 0.25) is 0 Å². The van der Waals surface area contributed by atoms with Gasteiger partial charge in [-0.05, 0) is 37.3 Å². The van der Waals surface area contributed by atoms with Crippen LogP contribution in [0.15, 0.2) is 42.5 Å². The summed E-state index contributed by atoms with van der Waals surface area (Å²) < 4.78 is 15.9. The monoisotopic (exact) mass is 359 g/mol. The molecule has 2 N–H and O–H groups in total. The molecule has 2 rings (SSSR count). The minimum atomic E-state index is -1.12. The van der Waals surface area contributed by atoms with Crippen LogP contribution in [-0.2, 0) is 4.79 Å². The van der Waals surface area contributed by atoms with Crippen LogP contribution in [0.4, 0.5) is 0 Å². The number of benzene rings is 2. The van der Waals surface area contributed by atoms with Crippen LogP contribution >= 0.6 is 0 Å². The summed E-state index contributed by atoms with van der Waals surface area (Å²) in [6, 6.07) is 11.1. The molecule has 0 bridgehead atoms. The fourth-order valence-corrected chi connectivity index (χ4v) is 2.45. The first kappa shape index (κ1) is 19.1. The van der Waals surface area contributed by atoms with E-state index in [1.807, 2.05) is 0 Å². The number of carbonyl (C=O) groups is 2. The smallest absolute Gasteiger partial charge is 0.339 e. The van der Waals surface area contributed by atoms with Crippen molar-refractivity contribution in [2.75, 3.05) is 20.8 Å². The molecule has 0 aliphatic heterocycles. The van der Waals surface area contributed by atoms with Gasteiger partial charge >= 0.3 is 5.97 Å². The molecule has 7 heteroatoms. The molecule has 0 aliphatic carbocycles. The van der Waals surface area contributed by atoms with Crippen molar-refractivity contribution in [3.8, 4) is 17.2 Å². The molecule has 1 amide bonds. The number of carboxylic acid groups (broad SMARTS) is 1. The van der Waals surface area contributed by atoms with Crippen molar-refractivity contribution >= 4 is 11.9 Å². The summed E-state index contributed by atoms with van der Waals surface area (Å²) in [7, 11) is 3.11. The van der Waals surface area contributed by atoms with Crippen molar-refractivity contribution in [2.45, 2.75) is 13.0 Å². The normalized spacial score (nSPS) is 11.3. The number of ether oxygens (including phenoxy) is 3. The summed E-state index contributed by atoms with van der Waals surface area (Å²) in [5.74, 6) is -0.0934. The van der Waals surface area contributed by atoms with Gasteiger partial charge in [-0.2, -0.15) is 0 Å². The van der Waals surface area contributed by atoms with Crippen LogP contribution in [0.3, 0.4) is 0 Å². The summed E-state index contributed by atoms with van der Waals surface area (Å²) in [6.45, 7) is 1.50. The summed E-state index contributed by atoms with van der Waals surface area (Å²) >= 11 is 0. The lowest BCUT2D eigenvalue weighted by Gasteiger charge is -2.18. The van der Waals surface area contributed by atoms with Gasteiger partial charge in [0.15, 0.2) is 6.61 Å². The second-order valence-electron chi connectivity index (χ2n) is 5.49. The Bertz CT molecular complexity index is 789. The average molecular weight is 359 g/mol. The van der Waals surface area contributed by atoms with Crippen LogP contribution < -0.4 is 19.5 Å². The summed E-state index contributed by atoms with van der Waals surface area (Å²) in [6.07, 6.45) is 0. The van der Waals surface area contributed by atoms with Crippen LogP contribution in [0.1, 0.15) is 28.9 Å². The standard InChI is InChI=1S/C19H21NO6/c1-12(15-10-13(24-2)8-9-16(15)25-3)20-18(21)11-26-17-7-5-4-6-14(17)19(22)23/h4-10,12H,11H2,1-3H3,(H,20,21)(H,22,23). The van der Waals surface area contributed by atoms with Crippen LogP contribution in [-0.4, -0.2) is 37.8 Å². The van der Waals surface area contributed by atoms with E-state index in [1.165, 1.54) is 12.1 Å². The van der Waals surface area contributed by atoms with Gasteiger partial charge in [0.05, 0.1) is 20.3 Å². The fourth-order valence-electron chi connectivity index (χ4n) is 2.45. The second kappa shape index (κ2) is 8.75. The molecule has 26 heavy (non-hydrogen) atoms. The number of amides is 1. The van der Waals surface area contributed by atoms with Gasteiger partial charge in [-0.15, -0.1) is 0 Å². The molecular weight excluding hydrogens is 338 g/mol. The predicted molar refractivity (Wildman–Crippen MR) is 95.0 cm³/mol. The molecular formula is C19H21NO6. The molecule has 0 saturated carbocycles. The molecule has 7 nitrogen and oxygen atoms in total. The van der Waals surface area contributed by atoms with E-state index < -0.39 is 5.97 Å². The molecule has 0 fully saturated rings. The first-order chi connectivity index (χ1) is 12.5. The second-order valence-corrected chi connectivity index (χ2v) is 5.49. The quantitative estimate of drug-likeness (QED) is 0.753. The van der Waals surface area contributed by atoms with E-state index in [9.17, 15) is 9.59 Å². The van der Waals surface area contributed by atoms with Crippen molar-refractivity contribution in [2.24, 2.45) is 0 Å². The molecule has 0 heterocycles. The Morgan fingerprint density at radius 2 is 1.81 bits per heavy atom. The minimum Gasteiger partial charge on any atom is -0.497 e. The number of para-hydroxylation sites is 1. The molecule has 0 spiro atoms. The van der Waals surface area contributed by atoms with Gasteiger partial charge in [0.1, 0.15) is 22.8 Å². The Morgan fingerprint density at radius 3 is 2.46 bits per heavy atom. The lowest BCUT2D eigenvalue weighted by atomic mass is 10.1. The Morgan fingerprint density at radius 1 is 1.08 bits per heavy atom. The lowest BCUT2D eigenvalue weighted by molar-refractivity contribution is -0.123. The molecule has 1 unspecified atom stereocenters. The molecule has 2 aromatic carbocycles. The van der Waals surface area contributed by atoms with Gasteiger partial charge < -0.3 is 24.6 Å². The van der Waals surface area contributed by atoms with Gasteiger partial charge in [-0.3, -0.25) is 4.79 Å². The van der Waals surface area contributed by atoms with E-state index in [2.05, 4.69) is 5.32 Å². The summed E-state index contributed by atoms with van der Waals surface area (Å²) in [5.41, 5.74) is 0.758. The van der Waals surface area contributed by atoms with Crippen molar-refractivity contribution in [3.05, 3.63) is 53.6 Å². The maximum absolute atomic E-state index is 12.2. The number of carbonyl (C=O) groups excluding carboxylic acids is 1. The third-order valence-electron chi connectivity index (χ3n) is 3.76. The van der Waals surface area contributed by atoms with E-state index in [0.29, 0.717) is 11.5 Å². The maximum Gasteiger partial charge on any atom is 0.339 e. The first-order valence-electron chi connectivity index (χ1n) is 7.92. The Balaban J connectivity index is 2.03. The fraction of sp³-hybridized carbons (Fsp3) is 0.263. The molecule has 138 valence electrons. The summed E-state index contributed by atoms with van der Waals surface area (Å²) in [5, 5.41) is 11.9. The number of nitrogens with one attached hydrogen (secondary N) is 1. The third kappa shape index (κ3) is 4.66. The van der Waals surface area contributed by atoms with E-state index in [4.69, 9.17) is 19.3 Å². The SMILES string of the molecule is COc1ccc(OC)c(C(C)NC(=O)COc2ccccc2C(=O)O)c1. The van der Waals surface area contributed by atoms with Crippen molar-refractivity contribution in [1.29, 1.82) is 0 Å². The highest BCUT2D eigenvalue weighted by atomic mass is 16.5. The highest BCUT2D eigenvalue weighted by molar-refractivity contribution is 5.91. The van der Waals surface area contributed by atoms with Crippen molar-refractivity contribution in [1.82, 2.24) is 5.32 Å². The molecule has 1 atom stereocenters. The number of hydrogen-bond donors (Lipinski definition) is 2. The van der Waals surface area contributed by atoms with Crippen molar-refractivity contribution in [3.63, 3.8) is 0 Å². The number of rotatable bonds is 8. The van der Waals surface area contributed by atoms with Crippen molar-refractivity contribution < 1.29 is 28.9 Å². The van der Waals surface area contributed by atoms with Crippen LogP contribution in [0.5, 0.6) is 17.2 Å². The number of methoxy groups -OCH3 is 2. The van der Waals surface area contributed by atoms with E-state index in [-0.39, 0.29) is 29.9 Å². The predicted octanol–water partition coefficient (Wildman–Crippen LogP) is 2.66. The van der Waals surface area contributed by atoms with E-state index in [1.54, 1.807) is 51.5 Å². The largest absolute Gasteiger partial charge is 0.497 e. The number of aromatic carboxylic acids is 1. The van der Waals surface area contributed by atoms with Crippen LogP contribution in [0.25, 0.3) is 0 Å². The molecule has 2 aromatic rings. The molecule has 0 aromatic heterocycles. The zero-order valence-corrected chi connectivity index (χ0v) is 14.8. The maximum atomic E-state index is 12.2. The zero-order chi connectivity index (χ0) is 19.1.